The average molecular weight is 550 g/mol. The minimum Gasteiger partial charge on any atom is -0.506 e. The highest BCUT2D eigenvalue weighted by Gasteiger charge is 2.06. The molecule has 5 nitrogen and oxygen atoms in total. The van der Waals surface area contributed by atoms with Gasteiger partial charge in [-0.25, -0.2) is 5.43 Å². The van der Waals surface area contributed by atoms with E-state index in [0.29, 0.717) is 11.3 Å². The number of carbonyl (C=O) groups is 1. The molecule has 0 aliphatic rings. The normalized spacial score (nSPS) is 10.8. The molecule has 2 N–H and O–H groups in total. The summed E-state index contributed by atoms with van der Waals surface area (Å²) < 4.78 is 7.13. The van der Waals surface area contributed by atoms with Gasteiger partial charge in [-0.1, -0.05) is 6.07 Å². The molecule has 0 saturated heterocycles. The fraction of sp³-hybridized carbons (Fsp3) is 0.176. The van der Waals surface area contributed by atoms with Gasteiger partial charge in [0.15, 0.2) is 6.61 Å². The van der Waals surface area contributed by atoms with E-state index in [4.69, 9.17) is 4.74 Å². The van der Waals surface area contributed by atoms with E-state index in [0.717, 1.165) is 12.7 Å². The van der Waals surface area contributed by atoms with Crippen LogP contribution in [0.5, 0.6) is 11.5 Å². The molecule has 0 aliphatic carbocycles. The van der Waals surface area contributed by atoms with Crippen LogP contribution in [0.3, 0.4) is 0 Å². The van der Waals surface area contributed by atoms with Crippen molar-refractivity contribution in [2.24, 2.45) is 5.10 Å². The Morgan fingerprint density at radius 3 is 2.71 bits per heavy atom. The number of nitrogens with one attached hydrogen (secondary N) is 1. The topological polar surface area (TPSA) is 70.9 Å². The third-order valence-corrected chi connectivity index (χ3v) is 4.74. The number of rotatable bonds is 5. The molecule has 7 heteroatoms. The molecule has 0 fully saturated rings. The second-order valence-electron chi connectivity index (χ2n) is 5.15. The summed E-state index contributed by atoms with van der Waals surface area (Å²) in [5.74, 6) is 0.409. The van der Waals surface area contributed by atoms with Gasteiger partial charge in [0, 0.05) is 9.13 Å². The van der Waals surface area contributed by atoms with Gasteiger partial charge in [0.25, 0.3) is 5.91 Å². The van der Waals surface area contributed by atoms with E-state index in [1.165, 1.54) is 11.8 Å². The molecular formula is C17H16I2N2O3. The Morgan fingerprint density at radius 2 is 2.00 bits per heavy atom. The van der Waals surface area contributed by atoms with E-state index in [-0.39, 0.29) is 18.3 Å². The van der Waals surface area contributed by atoms with Gasteiger partial charge in [-0.3, -0.25) is 4.79 Å². The Balaban J connectivity index is 1.90. The lowest BCUT2D eigenvalue weighted by molar-refractivity contribution is -0.123. The number of hydrazone groups is 1. The van der Waals surface area contributed by atoms with Crippen LogP contribution in [-0.4, -0.2) is 23.8 Å². The van der Waals surface area contributed by atoms with Crippen LogP contribution in [0.25, 0.3) is 0 Å². The number of aryl methyl sites for hydroxylation is 2. The van der Waals surface area contributed by atoms with Crippen molar-refractivity contribution < 1.29 is 14.6 Å². The third kappa shape index (κ3) is 5.33. The number of aromatic hydroxyl groups is 1. The Bertz CT molecular complexity index is 792. The molecule has 2 aromatic carbocycles. The van der Waals surface area contributed by atoms with Crippen molar-refractivity contribution in [2.45, 2.75) is 13.8 Å². The second-order valence-corrected chi connectivity index (χ2v) is 7.56. The number of hydrogen-bond donors (Lipinski definition) is 2. The zero-order chi connectivity index (χ0) is 17.7. The SMILES string of the molecule is Cc1ccc(OCC(=O)NN=Cc2cc(I)cc(I)c2O)cc1C. The van der Waals surface area contributed by atoms with Gasteiger partial charge in [-0.05, 0) is 94.4 Å². The molecule has 2 rings (SSSR count). The largest absolute Gasteiger partial charge is 0.506 e. The first kappa shape index (κ1) is 19.0. The first-order valence-corrected chi connectivity index (χ1v) is 9.22. The van der Waals surface area contributed by atoms with Crippen molar-refractivity contribution in [3.05, 3.63) is 54.2 Å². The van der Waals surface area contributed by atoms with Crippen LogP contribution in [0, 0.1) is 21.0 Å². The standard InChI is InChI=1S/C17H16I2N2O3/c1-10-3-4-14(5-11(10)2)24-9-16(22)21-20-8-12-6-13(18)7-15(19)17(12)23/h3-8,23H,9H2,1-2H3,(H,21,22). The molecule has 24 heavy (non-hydrogen) atoms. The van der Waals surface area contributed by atoms with Gasteiger partial charge in [0.1, 0.15) is 11.5 Å². The third-order valence-electron chi connectivity index (χ3n) is 3.30. The molecule has 0 atom stereocenters. The van der Waals surface area contributed by atoms with Gasteiger partial charge < -0.3 is 9.84 Å². The molecule has 0 unspecified atom stereocenters. The lowest BCUT2D eigenvalue weighted by Gasteiger charge is -2.07. The molecule has 0 heterocycles. The maximum atomic E-state index is 11.8. The molecule has 0 spiro atoms. The molecule has 0 aromatic heterocycles. The smallest absolute Gasteiger partial charge is 0.277 e. The van der Waals surface area contributed by atoms with E-state index in [2.05, 4.69) is 33.1 Å². The van der Waals surface area contributed by atoms with Crippen molar-refractivity contribution in [3.63, 3.8) is 0 Å². The maximum absolute atomic E-state index is 11.8. The van der Waals surface area contributed by atoms with E-state index in [1.54, 1.807) is 6.07 Å². The fourth-order valence-corrected chi connectivity index (χ4v) is 3.73. The van der Waals surface area contributed by atoms with Gasteiger partial charge in [0.2, 0.25) is 0 Å². The van der Waals surface area contributed by atoms with E-state index >= 15 is 0 Å². The van der Waals surface area contributed by atoms with Crippen LogP contribution in [0.1, 0.15) is 16.7 Å². The summed E-state index contributed by atoms with van der Waals surface area (Å²) in [6.45, 7) is 3.87. The van der Waals surface area contributed by atoms with Gasteiger partial charge >= 0.3 is 0 Å². The summed E-state index contributed by atoms with van der Waals surface area (Å²) in [4.78, 5) is 11.8. The highest BCUT2D eigenvalue weighted by Crippen LogP contribution is 2.25. The van der Waals surface area contributed by atoms with E-state index < -0.39 is 0 Å². The average Bonchev–Trinajstić information content (AvgIpc) is 2.53. The Kier molecular flexibility index (Phi) is 6.84. The van der Waals surface area contributed by atoms with Gasteiger partial charge in [0.05, 0.1) is 9.78 Å². The summed E-state index contributed by atoms with van der Waals surface area (Å²) in [5, 5.41) is 13.8. The number of hydrogen-bond acceptors (Lipinski definition) is 4. The number of phenolic OH excluding ortho intramolecular Hbond substituents is 1. The highest BCUT2D eigenvalue weighted by molar-refractivity contribution is 14.1. The van der Waals surface area contributed by atoms with Crippen molar-refractivity contribution in [2.75, 3.05) is 6.61 Å². The summed E-state index contributed by atoms with van der Waals surface area (Å²) in [6, 6.07) is 9.29. The van der Waals surface area contributed by atoms with Crippen LogP contribution in [0.2, 0.25) is 0 Å². The number of amides is 1. The summed E-state index contributed by atoms with van der Waals surface area (Å²) in [5.41, 5.74) is 5.20. The first-order valence-electron chi connectivity index (χ1n) is 7.07. The van der Waals surface area contributed by atoms with Crippen LogP contribution in [0.4, 0.5) is 0 Å². The summed E-state index contributed by atoms with van der Waals surface area (Å²) in [6.07, 6.45) is 1.41. The lowest BCUT2D eigenvalue weighted by atomic mass is 10.1. The molecule has 2 aromatic rings. The van der Waals surface area contributed by atoms with E-state index in [1.807, 2.05) is 60.7 Å². The Morgan fingerprint density at radius 1 is 1.25 bits per heavy atom. The number of ether oxygens (including phenoxy) is 1. The number of phenols is 1. The summed E-state index contributed by atoms with van der Waals surface area (Å²) >= 11 is 4.19. The monoisotopic (exact) mass is 550 g/mol. The minimum absolute atomic E-state index is 0.129. The molecule has 0 bridgehead atoms. The van der Waals surface area contributed by atoms with E-state index in [9.17, 15) is 9.90 Å². The fourth-order valence-electron chi connectivity index (χ4n) is 1.84. The quantitative estimate of drug-likeness (QED) is 0.339. The second kappa shape index (κ2) is 8.65. The lowest BCUT2D eigenvalue weighted by Crippen LogP contribution is -2.24. The first-order chi connectivity index (χ1) is 11.4. The Labute approximate surface area is 167 Å². The molecule has 1 amide bonds. The summed E-state index contributed by atoms with van der Waals surface area (Å²) in [7, 11) is 0. The molecule has 0 saturated carbocycles. The van der Waals surface area contributed by atoms with Gasteiger partial charge in [-0.15, -0.1) is 0 Å². The number of carbonyl (C=O) groups excluding carboxylic acids is 1. The van der Waals surface area contributed by atoms with Crippen molar-refractivity contribution >= 4 is 57.3 Å². The minimum atomic E-state index is -0.371. The maximum Gasteiger partial charge on any atom is 0.277 e. The van der Waals surface area contributed by atoms with Crippen LogP contribution in [-0.2, 0) is 4.79 Å². The van der Waals surface area contributed by atoms with Gasteiger partial charge in [-0.2, -0.15) is 5.10 Å². The zero-order valence-corrected chi connectivity index (χ0v) is 17.5. The van der Waals surface area contributed by atoms with Crippen molar-refractivity contribution in [1.29, 1.82) is 0 Å². The number of benzene rings is 2. The van der Waals surface area contributed by atoms with Crippen LogP contribution >= 0.6 is 45.2 Å². The zero-order valence-electron chi connectivity index (χ0n) is 13.1. The molecule has 0 aliphatic heterocycles. The van der Waals surface area contributed by atoms with Crippen LogP contribution in [0.15, 0.2) is 35.4 Å². The highest BCUT2D eigenvalue weighted by atomic mass is 127. The predicted molar refractivity (Wildman–Crippen MR) is 111 cm³/mol. The molecular weight excluding hydrogens is 534 g/mol. The molecule has 126 valence electrons. The number of halogens is 2. The number of nitrogens with zero attached hydrogens (tertiary/aromatic N) is 1. The van der Waals surface area contributed by atoms with Crippen LogP contribution < -0.4 is 10.2 Å². The Hall–Kier alpha value is -1.36. The van der Waals surface area contributed by atoms with Crippen molar-refractivity contribution in [1.82, 2.24) is 5.43 Å². The van der Waals surface area contributed by atoms with Crippen molar-refractivity contribution in [3.8, 4) is 11.5 Å². The molecule has 0 radical (unpaired) electrons. The predicted octanol–water partition coefficient (Wildman–Crippen LogP) is 3.75.